The number of esters is 1. The molecular weight excluding hydrogens is 314 g/mol. The Balaban J connectivity index is 2.79. The van der Waals surface area contributed by atoms with Crippen LogP contribution in [0.4, 0.5) is 0 Å². The molecule has 0 radical (unpaired) electrons. The van der Waals surface area contributed by atoms with E-state index in [0.717, 1.165) is 0 Å². The molecule has 1 N–H and O–H groups in total. The summed E-state index contributed by atoms with van der Waals surface area (Å²) in [6.45, 7) is 4.90. The average Bonchev–Trinajstić information content (AvgIpc) is 2.73. The standard InChI is InChI=1S/C12H15Cl3O4/c1-6(16)19-8(12(13,14)15)5-4-7-9(10(17)18)11(7,2)3/h4-5,7-9H,1-3H3,(H,17,18). The Morgan fingerprint density at radius 1 is 1.37 bits per heavy atom. The number of carboxylic acid groups (broad SMARTS) is 1. The van der Waals surface area contributed by atoms with Crippen LogP contribution in [0, 0.1) is 17.3 Å². The van der Waals surface area contributed by atoms with Crippen LogP contribution < -0.4 is 0 Å². The lowest BCUT2D eigenvalue weighted by Gasteiger charge is -2.20. The van der Waals surface area contributed by atoms with Crippen LogP contribution in [0.25, 0.3) is 0 Å². The van der Waals surface area contributed by atoms with Crippen LogP contribution in [-0.2, 0) is 14.3 Å². The van der Waals surface area contributed by atoms with Crippen molar-refractivity contribution >= 4 is 46.7 Å². The van der Waals surface area contributed by atoms with Gasteiger partial charge in [0, 0.05) is 6.92 Å². The molecule has 1 aliphatic carbocycles. The minimum absolute atomic E-state index is 0.171. The molecule has 1 aliphatic rings. The van der Waals surface area contributed by atoms with Gasteiger partial charge in [-0.15, -0.1) is 0 Å². The van der Waals surface area contributed by atoms with Gasteiger partial charge in [-0.25, -0.2) is 0 Å². The summed E-state index contributed by atoms with van der Waals surface area (Å²) in [5.74, 6) is -2.09. The van der Waals surface area contributed by atoms with Gasteiger partial charge >= 0.3 is 11.9 Å². The van der Waals surface area contributed by atoms with Crippen LogP contribution in [0.5, 0.6) is 0 Å². The fraction of sp³-hybridized carbons (Fsp3) is 0.667. The fourth-order valence-electron chi connectivity index (χ4n) is 2.12. The van der Waals surface area contributed by atoms with Crippen molar-refractivity contribution in [3.8, 4) is 0 Å². The molecule has 1 fully saturated rings. The summed E-state index contributed by atoms with van der Waals surface area (Å²) in [5, 5.41) is 9.03. The zero-order valence-electron chi connectivity index (χ0n) is 10.7. The minimum Gasteiger partial charge on any atom is -0.481 e. The predicted octanol–water partition coefficient (Wildman–Crippen LogP) is 3.20. The average molecular weight is 330 g/mol. The molecule has 0 aromatic rings. The van der Waals surface area contributed by atoms with Crippen molar-refractivity contribution in [3.63, 3.8) is 0 Å². The largest absolute Gasteiger partial charge is 0.481 e. The predicted molar refractivity (Wildman–Crippen MR) is 73.4 cm³/mol. The third-order valence-electron chi connectivity index (χ3n) is 3.29. The van der Waals surface area contributed by atoms with E-state index in [-0.39, 0.29) is 11.3 Å². The van der Waals surface area contributed by atoms with E-state index in [1.807, 2.05) is 13.8 Å². The van der Waals surface area contributed by atoms with Gasteiger partial charge in [0.25, 0.3) is 0 Å². The van der Waals surface area contributed by atoms with Crippen LogP contribution in [-0.4, -0.2) is 26.9 Å². The van der Waals surface area contributed by atoms with Gasteiger partial charge in [0.15, 0.2) is 6.10 Å². The first kappa shape index (κ1) is 16.6. The summed E-state index contributed by atoms with van der Waals surface area (Å²) in [6, 6.07) is 0. The first-order valence-electron chi connectivity index (χ1n) is 5.63. The zero-order valence-corrected chi connectivity index (χ0v) is 13.0. The second kappa shape index (κ2) is 5.51. The number of allylic oxidation sites excluding steroid dienone is 1. The normalized spacial score (nSPS) is 27.1. The molecule has 7 heteroatoms. The first-order valence-corrected chi connectivity index (χ1v) is 6.76. The quantitative estimate of drug-likeness (QED) is 0.489. The highest BCUT2D eigenvalue weighted by atomic mass is 35.6. The second-order valence-electron chi connectivity index (χ2n) is 5.12. The molecule has 0 heterocycles. The van der Waals surface area contributed by atoms with Crippen LogP contribution >= 0.6 is 34.8 Å². The van der Waals surface area contributed by atoms with E-state index in [1.165, 1.54) is 13.0 Å². The highest BCUT2D eigenvalue weighted by Crippen LogP contribution is 2.59. The van der Waals surface area contributed by atoms with Crippen molar-refractivity contribution in [2.75, 3.05) is 0 Å². The smallest absolute Gasteiger partial charge is 0.307 e. The number of alkyl halides is 3. The number of aliphatic carboxylic acids is 1. The van der Waals surface area contributed by atoms with E-state index in [2.05, 4.69) is 0 Å². The molecule has 3 unspecified atom stereocenters. The molecule has 0 aromatic carbocycles. The topological polar surface area (TPSA) is 63.6 Å². The van der Waals surface area contributed by atoms with Crippen molar-refractivity contribution in [1.29, 1.82) is 0 Å². The highest BCUT2D eigenvalue weighted by molar-refractivity contribution is 6.68. The number of carbonyl (C=O) groups is 2. The summed E-state index contributed by atoms with van der Waals surface area (Å²) in [4.78, 5) is 21.9. The van der Waals surface area contributed by atoms with E-state index >= 15 is 0 Å². The lowest BCUT2D eigenvalue weighted by Crippen LogP contribution is -2.28. The van der Waals surface area contributed by atoms with E-state index in [1.54, 1.807) is 6.08 Å². The summed E-state index contributed by atoms with van der Waals surface area (Å²) >= 11 is 17.1. The molecule has 0 spiro atoms. The molecule has 4 nitrogen and oxygen atoms in total. The Labute approximate surface area is 126 Å². The maximum atomic E-state index is 11.0. The molecule has 19 heavy (non-hydrogen) atoms. The van der Waals surface area contributed by atoms with Gasteiger partial charge in [-0.05, 0) is 17.4 Å². The monoisotopic (exact) mass is 328 g/mol. The van der Waals surface area contributed by atoms with Gasteiger partial charge in [0.05, 0.1) is 5.92 Å². The van der Waals surface area contributed by atoms with Gasteiger partial charge in [-0.3, -0.25) is 9.59 Å². The number of ether oxygens (including phenoxy) is 1. The van der Waals surface area contributed by atoms with Gasteiger partial charge in [0.1, 0.15) is 0 Å². The number of carbonyl (C=O) groups excluding carboxylic acids is 1. The van der Waals surface area contributed by atoms with Crippen molar-refractivity contribution in [2.45, 2.75) is 30.7 Å². The summed E-state index contributed by atoms with van der Waals surface area (Å²) in [5.41, 5.74) is -0.350. The van der Waals surface area contributed by atoms with Crippen molar-refractivity contribution < 1.29 is 19.4 Å². The molecule has 0 saturated heterocycles. The van der Waals surface area contributed by atoms with Crippen molar-refractivity contribution in [1.82, 2.24) is 0 Å². The Hall–Kier alpha value is -0.450. The zero-order chi connectivity index (χ0) is 15.0. The summed E-state index contributed by atoms with van der Waals surface area (Å²) in [7, 11) is 0. The Morgan fingerprint density at radius 3 is 2.21 bits per heavy atom. The lowest BCUT2D eigenvalue weighted by atomic mass is 10.1. The van der Waals surface area contributed by atoms with Gasteiger partial charge in [-0.1, -0.05) is 54.7 Å². The first-order chi connectivity index (χ1) is 8.48. The number of rotatable bonds is 4. The molecule has 1 rings (SSSR count). The SMILES string of the molecule is CC(=O)OC(C=CC1C(C(=O)O)C1(C)C)C(Cl)(Cl)Cl. The van der Waals surface area contributed by atoms with Crippen LogP contribution in [0.1, 0.15) is 20.8 Å². The van der Waals surface area contributed by atoms with Crippen LogP contribution in [0.3, 0.4) is 0 Å². The third kappa shape index (κ3) is 4.01. The van der Waals surface area contributed by atoms with Crippen molar-refractivity contribution in [3.05, 3.63) is 12.2 Å². The van der Waals surface area contributed by atoms with Gasteiger partial charge in [-0.2, -0.15) is 0 Å². The van der Waals surface area contributed by atoms with E-state index < -0.39 is 27.8 Å². The Morgan fingerprint density at radius 2 is 1.89 bits per heavy atom. The maximum Gasteiger partial charge on any atom is 0.307 e. The highest BCUT2D eigenvalue weighted by Gasteiger charge is 2.60. The second-order valence-corrected chi connectivity index (χ2v) is 7.49. The molecule has 0 aromatic heterocycles. The number of hydrogen-bond acceptors (Lipinski definition) is 3. The van der Waals surface area contributed by atoms with E-state index in [4.69, 9.17) is 44.6 Å². The molecule has 0 amide bonds. The van der Waals surface area contributed by atoms with Crippen LogP contribution in [0.2, 0.25) is 0 Å². The van der Waals surface area contributed by atoms with Crippen molar-refractivity contribution in [2.24, 2.45) is 17.3 Å². The Kier molecular flexibility index (Phi) is 4.81. The maximum absolute atomic E-state index is 11.0. The summed E-state index contributed by atoms with van der Waals surface area (Å²) < 4.78 is 3.10. The molecule has 0 bridgehead atoms. The molecule has 1 saturated carbocycles. The summed E-state index contributed by atoms with van der Waals surface area (Å²) in [6.07, 6.45) is 2.03. The molecular formula is C12H15Cl3O4. The fourth-order valence-corrected chi connectivity index (χ4v) is 2.48. The molecule has 108 valence electrons. The van der Waals surface area contributed by atoms with Crippen LogP contribution in [0.15, 0.2) is 12.2 Å². The lowest BCUT2D eigenvalue weighted by molar-refractivity contribution is -0.144. The van der Waals surface area contributed by atoms with E-state index in [9.17, 15) is 9.59 Å². The van der Waals surface area contributed by atoms with Gasteiger partial charge in [0.2, 0.25) is 3.79 Å². The number of hydrogen-bond donors (Lipinski definition) is 1. The minimum atomic E-state index is -1.79. The Bertz CT molecular complexity index is 412. The third-order valence-corrected chi connectivity index (χ3v) is 3.93. The number of halogens is 3. The number of carboxylic acids is 1. The van der Waals surface area contributed by atoms with Gasteiger partial charge < -0.3 is 9.84 Å². The molecule has 0 aliphatic heterocycles. The molecule has 3 atom stereocenters. The van der Waals surface area contributed by atoms with E-state index in [0.29, 0.717) is 0 Å².